The van der Waals surface area contributed by atoms with Gasteiger partial charge < -0.3 is 13.3 Å². The Morgan fingerprint density at radius 1 is 0.950 bits per heavy atom. The van der Waals surface area contributed by atoms with Crippen molar-refractivity contribution in [3.8, 4) is 0 Å². The average molecular weight is 303 g/mol. The highest BCUT2D eigenvalue weighted by Crippen LogP contribution is 2.23. The van der Waals surface area contributed by atoms with E-state index in [4.69, 9.17) is 13.3 Å². The molecule has 0 amide bonds. The van der Waals surface area contributed by atoms with Crippen molar-refractivity contribution in [3.05, 3.63) is 11.6 Å². The fourth-order valence-corrected chi connectivity index (χ4v) is 5.07. The Morgan fingerprint density at radius 3 is 1.85 bits per heavy atom. The van der Waals surface area contributed by atoms with Crippen molar-refractivity contribution in [2.24, 2.45) is 5.92 Å². The molecular formula is C16H34O3Si. The SMILES string of the molecule is CCO[Si](CC[C@@H](C)CCC=C(C)C)(OCC)OCC. The summed E-state index contributed by atoms with van der Waals surface area (Å²) in [5.74, 6) is 0.679. The van der Waals surface area contributed by atoms with Gasteiger partial charge in [0.05, 0.1) is 0 Å². The van der Waals surface area contributed by atoms with Crippen LogP contribution in [0.15, 0.2) is 11.6 Å². The summed E-state index contributed by atoms with van der Waals surface area (Å²) in [6.45, 7) is 14.6. The van der Waals surface area contributed by atoms with Crippen LogP contribution in [0.5, 0.6) is 0 Å². The number of hydrogen-bond acceptors (Lipinski definition) is 3. The van der Waals surface area contributed by atoms with E-state index >= 15 is 0 Å². The van der Waals surface area contributed by atoms with Gasteiger partial charge in [-0.15, -0.1) is 0 Å². The van der Waals surface area contributed by atoms with Crippen molar-refractivity contribution in [3.63, 3.8) is 0 Å². The van der Waals surface area contributed by atoms with Crippen LogP contribution >= 0.6 is 0 Å². The molecule has 4 heteroatoms. The Morgan fingerprint density at radius 2 is 1.45 bits per heavy atom. The highest BCUT2D eigenvalue weighted by Gasteiger charge is 2.40. The van der Waals surface area contributed by atoms with E-state index in [1.165, 1.54) is 12.0 Å². The highest BCUT2D eigenvalue weighted by atomic mass is 28.4. The van der Waals surface area contributed by atoms with Crippen molar-refractivity contribution >= 4 is 8.80 Å². The van der Waals surface area contributed by atoms with Gasteiger partial charge in [0.2, 0.25) is 0 Å². The van der Waals surface area contributed by atoms with Crippen molar-refractivity contribution in [2.75, 3.05) is 19.8 Å². The van der Waals surface area contributed by atoms with E-state index in [0.717, 1.165) is 18.9 Å². The lowest BCUT2D eigenvalue weighted by Gasteiger charge is -2.29. The van der Waals surface area contributed by atoms with E-state index in [1.807, 2.05) is 20.8 Å². The minimum Gasteiger partial charge on any atom is -0.374 e. The molecule has 0 saturated carbocycles. The van der Waals surface area contributed by atoms with E-state index in [2.05, 4.69) is 26.8 Å². The predicted octanol–water partition coefficient (Wildman–Crippen LogP) is 4.81. The van der Waals surface area contributed by atoms with Crippen molar-refractivity contribution in [1.29, 1.82) is 0 Å². The van der Waals surface area contributed by atoms with Gasteiger partial charge in [0, 0.05) is 25.9 Å². The van der Waals surface area contributed by atoms with Gasteiger partial charge >= 0.3 is 8.80 Å². The van der Waals surface area contributed by atoms with Crippen LogP contribution in [0.25, 0.3) is 0 Å². The molecule has 1 atom stereocenters. The van der Waals surface area contributed by atoms with Crippen LogP contribution in [0.4, 0.5) is 0 Å². The molecule has 0 rings (SSSR count). The van der Waals surface area contributed by atoms with Gasteiger partial charge in [-0.05, 0) is 59.8 Å². The average Bonchev–Trinajstić information content (AvgIpc) is 2.37. The zero-order chi connectivity index (χ0) is 15.4. The smallest absolute Gasteiger partial charge is 0.374 e. The Balaban J connectivity index is 4.31. The third-order valence-corrected chi connectivity index (χ3v) is 6.33. The fraction of sp³-hybridized carbons (Fsp3) is 0.875. The summed E-state index contributed by atoms with van der Waals surface area (Å²) in [5.41, 5.74) is 1.40. The minimum absolute atomic E-state index is 0.665. The summed E-state index contributed by atoms with van der Waals surface area (Å²) in [6.07, 6.45) is 5.81. The maximum absolute atomic E-state index is 5.89. The van der Waals surface area contributed by atoms with E-state index in [9.17, 15) is 0 Å². The van der Waals surface area contributed by atoms with Gasteiger partial charge in [-0.2, -0.15) is 0 Å². The molecule has 0 aliphatic carbocycles. The molecule has 0 saturated heterocycles. The van der Waals surface area contributed by atoms with Crippen LogP contribution in [-0.4, -0.2) is 28.6 Å². The van der Waals surface area contributed by atoms with Gasteiger partial charge in [-0.3, -0.25) is 0 Å². The Hall–Kier alpha value is -0.163. The summed E-state index contributed by atoms with van der Waals surface area (Å²) in [6, 6.07) is 0.929. The molecular weight excluding hydrogens is 268 g/mol. The van der Waals surface area contributed by atoms with Gasteiger partial charge in [-0.1, -0.05) is 18.6 Å². The Bertz CT molecular complexity index is 245. The molecule has 0 aliphatic heterocycles. The summed E-state index contributed by atoms with van der Waals surface area (Å²) < 4.78 is 17.7. The molecule has 3 nitrogen and oxygen atoms in total. The second-order valence-corrected chi connectivity index (χ2v) is 8.22. The standard InChI is InChI=1S/C16H34O3Si/c1-7-17-20(18-8-2,19-9-3)14-13-16(6)12-10-11-15(4)5/h11,16H,7-10,12-14H2,1-6H3/t16-/m0/s1. The second-order valence-electron chi connectivity index (χ2n) is 5.48. The van der Waals surface area contributed by atoms with Gasteiger partial charge in [0.25, 0.3) is 0 Å². The maximum atomic E-state index is 5.89. The number of allylic oxidation sites excluding steroid dienone is 2. The number of hydrogen-bond donors (Lipinski definition) is 0. The van der Waals surface area contributed by atoms with Crippen LogP contribution in [0.3, 0.4) is 0 Å². The van der Waals surface area contributed by atoms with Crippen molar-refractivity contribution in [1.82, 2.24) is 0 Å². The van der Waals surface area contributed by atoms with E-state index in [0.29, 0.717) is 25.7 Å². The molecule has 0 spiro atoms. The zero-order valence-corrected chi connectivity index (χ0v) is 15.3. The van der Waals surface area contributed by atoms with Crippen LogP contribution in [-0.2, 0) is 13.3 Å². The van der Waals surface area contributed by atoms with Crippen LogP contribution < -0.4 is 0 Å². The van der Waals surface area contributed by atoms with E-state index in [1.54, 1.807) is 0 Å². The summed E-state index contributed by atoms with van der Waals surface area (Å²) in [5, 5.41) is 0. The van der Waals surface area contributed by atoms with Gasteiger partial charge in [0.15, 0.2) is 0 Å². The minimum atomic E-state index is -2.43. The summed E-state index contributed by atoms with van der Waals surface area (Å²) >= 11 is 0. The van der Waals surface area contributed by atoms with E-state index in [-0.39, 0.29) is 0 Å². The lowest BCUT2D eigenvalue weighted by atomic mass is 10.0. The molecule has 0 aliphatic rings. The monoisotopic (exact) mass is 302 g/mol. The molecule has 120 valence electrons. The van der Waals surface area contributed by atoms with Gasteiger partial charge in [0.1, 0.15) is 0 Å². The highest BCUT2D eigenvalue weighted by molar-refractivity contribution is 6.60. The molecule has 20 heavy (non-hydrogen) atoms. The first-order valence-electron chi connectivity index (χ1n) is 8.04. The van der Waals surface area contributed by atoms with Gasteiger partial charge in [-0.25, -0.2) is 0 Å². The largest absolute Gasteiger partial charge is 0.500 e. The van der Waals surface area contributed by atoms with E-state index < -0.39 is 8.80 Å². The fourth-order valence-electron chi connectivity index (χ4n) is 2.23. The molecule has 0 bridgehead atoms. The quantitative estimate of drug-likeness (QED) is 0.382. The van der Waals surface area contributed by atoms with Crippen molar-refractivity contribution in [2.45, 2.75) is 66.8 Å². The molecule has 0 unspecified atom stereocenters. The van der Waals surface area contributed by atoms with Crippen LogP contribution in [0.1, 0.15) is 60.8 Å². The number of rotatable bonds is 12. The second kappa shape index (κ2) is 11.5. The molecule has 0 N–H and O–H groups in total. The lowest BCUT2D eigenvalue weighted by Crippen LogP contribution is -2.46. The topological polar surface area (TPSA) is 27.7 Å². The molecule has 0 fully saturated rings. The summed E-state index contributed by atoms with van der Waals surface area (Å²) in [4.78, 5) is 0. The molecule has 0 aromatic heterocycles. The molecule has 0 aromatic carbocycles. The zero-order valence-electron chi connectivity index (χ0n) is 14.3. The third kappa shape index (κ3) is 8.90. The molecule has 0 heterocycles. The Kier molecular flexibility index (Phi) is 11.4. The molecule has 0 radical (unpaired) electrons. The lowest BCUT2D eigenvalue weighted by molar-refractivity contribution is 0.0696. The Labute approximate surface area is 127 Å². The third-order valence-electron chi connectivity index (χ3n) is 3.25. The normalized spacial score (nSPS) is 13.3. The van der Waals surface area contributed by atoms with Crippen molar-refractivity contribution < 1.29 is 13.3 Å². The maximum Gasteiger partial charge on any atom is 0.500 e. The molecule has 0 aromatic rings. The first-order chi connectivity index (χ1) is 9.49. The predicted molar refractivity (Wildman–Crippen MR) is 87.9 cm³/mol. The summed E-state index contributed by atoms with van der Waals surface area (Å²) in [7, 11) is -2.43. The van der Waals surface area contributed by atoms with Crippen LogP contribution in [0, 0.1) is 5.92 Å². The van der Waals surface area contributed by atoms with Crippen LogP contribution in [0.2, 0.25) is 6.04 Å². The first-order valence-corrected chi connectivity index (χ1v) is 9.98. The first kappa shape index (κ1) is 19.8.